The molecule has 166 valence electrons. The quantitative estimate of drug-likeness (QED) is 0.235. The van der Waals surface area contributed by atoms with E-state index in [0.717, 1.165) is 40.2 Å². The number of amides is 1. The van der Waals surface area contributed by atoms with E-state index in [4.69, 9.17) is 9.47 Å². The molecule has 3 rings (SSSR count). The molecule has 1 aromatic heterocycles. The average molecular weight is 450 g/mol. The standard InChI is InChI=1S/C26H27NO4S/c1-4-5-17-31-21-14-11-19(12-15-21)13-16-22(28)27-25-24(26(29)30-3)23(18(2)32-25)20-9-7-6-8-10-20/h6-16H,4-5,17H2,1-3H3,(H,27,28)/b16-13+. The van der Waals surface area contributed by atoms with Gasteiger partial charge < -0.3 is 14.8 Å². The predicted molar refractivity (Wildman–Crippen MR) is 130 cm³/mol. The number of anilines is 1. The normalized spacial score (nSPS) is 10.8. The molecule has 1 amide bonds. The monoisotopic (exact) mass is 449 g/mol. The number of rotatable bonds is 9. The van der Waals surface area contributed by atoms with Crippen LogP contribution in [0.4, 0.5) is 5.00 Å². The summed E-state index contributed by atoms with van der Waals surface area (Å²) in [6.07, 6.45) is 5.28. The Morgan fingerprint density at radius 1 is 1.06 bits per heavy atom. The molecule has 2 aromatic carbocycles. The van der Waals surface area contributed by atoms with Gasteiger partial charge in [0.25, 0.3) is 0 Å². The largest absolute Gasteiger partial charge is 0.494 e. The first-order chi connectivity index (χ1) is 15.5. The van der Waals surface area contributed by atoms with Crippen LogP contribution in [0.1, 0.15) is 40.6 Å². The smallest absolute Gasteiger partial charge is 0.341 e. The van der Waals surface area contributed by atoms with Crippen molar-refractivity contribution in [3.63, 3.8) is 0 Å². The van der Waals surface area contributed by atoms with Gasteiger partial charge in [-0.25, -0.2) is 4.79 Å². The molecule has 0 bridgehead atoms. The topological polar surface area (TPSA) is 64.6 Å². The van der Waals surface area contributed by atoms with Gasteiger partial charge in [0.05, 0.1) is 13.7 Å². The SMILES string of the molecule is CCCCOc1ccc(/C=C/C(=O)Nc2sc(C)c(-c3ccccc3)c2C(=O)OC)cc1. The van der Waals surface area contributed by atoms with E-state index in [-0.39, 0.29) is 5.91 Å². The Balaban J connectivity index is 1.75. The lowest BCUT2D eigenvalue weighted by Crippen LogP contribution is -2.11. The molecule has 0 spiro atoms. The van der Waals surface area contributed by atoms with Gasteiger partial charge in [0.2, 0.25) is 5.91 Å². The van der Waals surface area contributed by atoms with E-state index >= 15 is 0 Å². The zero-order chi connectivity index (χ0) is 22.9. The minimum absolute atomic E-state index is 0.320. The lowest BCUT2D eigenvalue weighted by atomic mass is 10.0. The molecule has 1 N–H and O–H groups in total. The number of unbranched alkanes of at least 4 members (excludes halogenated alkanes) is 1. The molecule has 0 radical (unpaired) electrons. The maximum atomic E-state index is 12.6. The molecular weight excluding hydrogens is 422 g/mol. The van der Waals surface area contributed by atoms with Crippen LogP contribution in [0, 0.1) is 6.92 Å². The number of aryl methyl sites for hydroxylation is 1. The van der Waals surface area contributed by atoms with Crippen LogP contribution in [0.5, 0.6) is 5.75 Å². The van der Waals surface area contributed by atoms with Gasteiger partial charge in [-0.1, -0.05) is 55.8 Å². The van der Waals surface area contributed by atoms with Gasteiger partial charge in [0.15, 0.2) is 0 Å². The number of methoxy groups -OCH3 is 1. The molecule has 5 nitrogen and oxygen atoms in total. The summed E-state index contributed by atoms with van der Waals surface area (Å²) < 4.78 is 10.7. The average Bonchev–Trinajstić information content (AvgIpc) is 3.14. The number of hydrogen-bond donors (Lipinski definition) is 1. The van der Waals surface area contributed by atoms with Crippen molar-refractivity contribution in [1.29, 1.82) is 0 Å². The first kappa shape index (κ1) is 23.3. The predicted octanol–water partition coefficient (Wildman–Crippen LogP) is 6.34. The van der Waals surface area contributed by atoms with Crippen molar-refractivity contribution in [1.82, 2.24) is 0 Å². The molecule has 6 heteroatoms. The molecule has 0 aliphatic heterocycles. The maximum Gasteiger partial charge on any atom is 0.341 e. The summed E-state index contributed by atoms with van der Waals surface area (Å²) >= 11 is 1.36. The Bertz CT molecular complexity index is 1090. The van der Waals surface area contributed by atoms with Crippen molar-refractivity contribution < 1.29 is 19.1 Å². The summed E-state index contributed by atoms with van der Waals surface area (Å²) in [6.45, 7) is 4.74. The summed E-state index contributed by atoms with van der Waals surface area (Å²) in [4.78, 5) is 26.0. The third-order valence-electron chi connectivity index (χ3n) is 4.85. The third-order valence-corrected chi connectivity index (χ3v) is 5.87. The molecule has 0 atom stereocenters. The van der Waals surface area contributed by atoms with Crippen LogP contribution in [-0.2, 0) is 9.53 Å². The Morgan fingerprint density at radius 2 is 1.78 bits per heavy atom. The van der Waals surface area contributed by atoms with Crippen molar-refractivity contribution in [2.24, 2.45) is 0 Å². The third kappa shape index (κ3) is 5.86. The zero-order valence-electron chi connectivity index (χ0n) is 18.5. The fourth-order valence-electron chi connectivity index (χ4n) is 3.22. The van der Waals surface area contributed by atoms with Crippen LogP contribution < -0.4 is 10.1 Å². The Kier molecular flexibility index (Phi) is 8.22. The van der Waals surface area contributed by atoms with E-state index in [1.54, 1.807) is 6.08 Å². The van der Waals surface area contributed by atoms with Gasteiger partial charge >= 0.3 is 5.97 Å². The lowest BCUT2D eigenvalue weighted by Gasteiger charge is -2.07. The van der Waals surface area contributed by atoms with Gasteiger partial charge in [-0.05, 0) is 42.7 Å². The fraction of sp³-hybridized carbons (Fsp3) is 0.231. The van der Waals surface area contributed by atoms with Crippen molar-refractivity contribution in [2.75, 3.05) is 19.0 Å². The first-order valence-corrected chi connectivity index (χ1v) is 11.3. The second kappa shape index (κ2) is 11.3. The molecule has 0 saturated heterocycles. The van der Waals surface area contributed by atoms with Gasteiger partial charge in [0.1, 0.15) is 16.3 Å². The molecule has 0 aliphatic carbocycles. The number of benzene rings is 2. The number of nitrogens with one attached hydrogen (secondary N) is 1. The van der Waals surface area contributed by atoms with E-state index in [2.05, 4.69) is 12.2 Å². The number of carbonyl (C=O) groups is 2. The van der Waals surface area contributed by atoms with Gasteiger partial charge in [-0.3, -0.25) is 4.79 Å². The summed E-state index contributed by atoms with van der Waals surface area (Å²) in [5.74, 6) is 0.00991. The van der Waals surface area contributed by atoms with Gasteiger partial charge in [0, 0.05) is 16.5 Å². The van der Waals surface area contributed by atoms with Crippen molar-refractivity contribution in [3.05, 3.63) is 76.7 Å². The fourth-order valence-corrected chi connectivity index (χ4v) is 4.28. The number of esters is 1. The van der Waals surface area contributed by atoms with E-state index < -0.39 is 5.97 Å². The highest BCUT2D eigenvalue weighted by atomic mass is 32.1. The van der Waals surface area contributed by atoms with E-state index in [9.17, 15) is 9.59 Å². The van der Waals surface area contributed by atoms with Crippen molar-refractivity contribution >= 4 is 34.3 Å². The van der Waals surface area contributed by atoms with Crippen LogP contribution in [-0.4, -0.2) is 25.6 Å². The second-order valence-corrected chi connectivity index (χ2v) is 8.41. The van der Waals surface area contributed by atoms with Gasteiger partial charge in [-0.15, -0.1) is 11.3 Å². The van der Waals surface area contributed by atoms with Crippen LogP contribution in [0.25, 0.3) is 17.2 Å². The first-order valence-electron chi connectivity index (χ1n) is 10.5. The highest BCUT2D eigenvalue weighted by molar-refractivity contribution is 7.17. The van der Waals surface area contributed by atoms with E-state index in [0.29, 0.717) is 17.2 Å². The van der Waals surface area contributed by atoms with E-state index in [1.807, 2.05) is 61.5 Å². The van der Waals surface area contributed by atoms with Crippen LogP contribution in [0.2, 0.25) is 0 Å². The van der Waals surface area contributed by atoms with Crippen LogP contribution in [0.3, 0.4) is 0 Å². The number of carbonyl (C=O) groups excluding carboxylic acids is 2. The van der Waals surface area contributed by atoms with Gasteiger partial charge in [-0.2, -0.15) is 0 Å². The molecule has 0 unspecified atom stereocenters. The lowest BCUT2D eigenvalue weighted by molar-refractivity contribution is -0.111. The van der Waals surface area contributed by atoms with E-state index in [1.165, 1.54) is 24.5 Å². The van der Waals surface area contributed by atoms with Crippen molar-refractivity contribution in [3.8, 4) is 16.9 Å². The summed E-state index contributed by atoms with van der Waals surface area (Å²) in [5, 5.41) is 3.31. The number of thiophene rings is 1. The minimum Gasteiger partial charge on any atom is -0.494 e. The number of ether oxygens (including phenoxy) is 2. The highest BCUT2D eigenvalue weighted by Gasteiger charge is 2.24. The molecule has 0 fully saturated rings. The Labute approximate surface area is 192 Å². The van der Waals surface area contributed by atoms with Crippen LogP contribution >= 0.6 is 11.3 Å². The van der Waals surface area contributed by atoms with Crippen LogP contribution in [0.15, 0.2) is 60.7 Å². The minimum atomic E-state index is -0.480. The second-order valence-electron chi connectivity index (χ2n) is 7.19. The number of hydrogen-bond acceptors (Lipinski definition) is 5. The van der Waals surface area contributed by atoms with Crippen molar-refractivity contribution in [2.45, 2.75) is 26.7 Å². The summed E-state index contributed by atoms with van der Waals surface area (Å²) in [6, 6.07) is 17.2. The maximum absolute atomic E-state index is 12.6. The molecule has 3 aromatic rings. The molecule has 1 heterocycles. The zero-order valence-corrected chi connectivity index (χ0v) is 19.3. The molecule has 0 saturated carbocycles. The molecular formula is C26H27NO4S. The summed E-state index contributed by atoms with van der Waals surface area (Å²) in [7, 11) is 1.34. The molecule has 0 aliphatic rings. The Morgan fingerprint density at radius 3 is 2.44 bits per heavy atom. The Hall–Kier alpha value is -3.38. The molecule has 32 heavy (non-hydrogen) atoms. The summed E-state index contributed by atoms with van der Waals surface area (Å²) in [5.41, 5.74) is 2.93. The highest BCUT2D eigenvalue weighted by Crippen LogP contribution is 2.40.